The fourth-order valence-corrected chi connectivity index (χ4v) is 2.27. The molecular formula is C12H15NO4. The Morgan fingerprint density at radius 2 is 1.71 bits per heavy atom. The van der Waals surface area contributed by atoms with Crippen molar-refractivity contribution in [2.24, 2.45) is 0 Å². The fourth-order valence-electron chi connectivity index (χ4n) is 2.27. The lowest BCUT2D eigenvalue weighted by Crippen LogP contribution is -2.12. The molecular weight excluding hydrogens is 222 g/mol. The van der Waals surface area contributed by atoms with Crippen molar-refractivity contribution in [1.82, 2.24) is 4.98 Å². The van der Waals surface area contributed by atoms with Gasteiger partial charge in [-0.1, -0.05) is 0 Å². The van der Waals surface area contributed by atoms with Crippen LogP contribution in [0.2, 0.25) is 0 Å². The Morgan fingerprint density at radius 1 is 1.06 bits per heavy atom. The van der Waals surface area contributed by atoms with Gasteiger partial charge in [0.05, 0.1) is 19.8 Å². The number of carbonyl (C=O) groups excluding carboxylic acids is 2. The standard InChI is InChI=1S/C12H15NO4/c1-16-11(14)9-7-5-3-4-6-8(7)13-10(9)12(15)17-2/h13H,3-6H2,1-2H3. The highest BCUT2D eigenvalue weighted by Gasteiger charge is 2.28. The Bertz CT molecular complexity index is 461. The van der Waals surface area contributed by atoms with Gasteiger partial charge >= 0.3 is 11.9 Å². The van der Waals surface area contributed by atoms with Gasteiger partial charge in [-0.2, -0.15) is 0 Å². The van der Waals surface area contributed by atoms with Crippen LogP contribution < -0.4 is 0 Å². The highest BCUT2D eigenvalue weighted by Crippen LogP contribution is 2.28. The molecule has 1 aromatic rings. The Kier molecular flexibility index (Phi) is 3.17. The average Bonchev–Trinajstić information content (AvgIpc) is 2.76. The zero-order chi connectivity index (χ0) is 12.4. The van der Waals surface area contributed by atoms with Gasteiger partial charge in [0.2, 0.25) is 0 Å². The molecule has 0 bridgehead atoms. The van der Waals surface area contributed by atoms with Crippen LogP contribution in [-0.4, -0.2) is 31.1 Å². The van der Waals surface area contributed by atoms with Crippen molar-refractivity contribution in [1.29, 1.82) is 0 Å². The van der Waals surface area contributed by atoms with E-state index in [4.69, 9.17) is 4.74 Å². The van der Waals surface area contributed by atoms with Crippen molar-refractivity contribution in [3.05, 3.63) is 22.5 Å². The summed E-state index contributed by atoms with van der Waals surface area (Å²) in [4.78, 5) is 26.3. The summed E-state index contributed by atoms with van der Waals surface area (Å²) >= 11 is 0. The summed E-state index contributed by atoms with van der Waals surface area (Å²) in [6.45, 7) is 0. The van der Waals surface area contributed by atoms with Gasteiger partial charge in [0.1, 0.15) is 5.69 Å². The number of carbonyl (C=O) groups is 2. The monoisotopic (exact) mass is 237 g/mol. The number of aryl methyl sites for hydroxylation is 1. The summed E-state index contributed by atoms with van der Waals surface area (Å²) in [6.07, 6.45) is 3.74. The molecule has 1 N–H and O–H groups in total. The second-order valence-corrected chi connectivity index (χ2v) is 4.02. The molecule has 1 heterocycles. The molecule has 0 spiro atoms. The smallest absolute Gasteiger partial charge is 0.355 e. The first-order chi connectivity index (χ1) is 8.19. The number of hydrogen-bond acceptors (Lipinski definition) is 4. The minimum atomic E-state index is -0.528. The molecule has 0 radical (unpaired) electrons. The average molecular weight is 237 g/mol. The molecule has 5 nitrogen and oxygen atoms in total. The Morgan fingerprint density at radius 3 is 2.35 bits per heavy atom. The van der Waals surface area contributed by atoms with Crippen LogP contribution in [-0.2, 0) is 22.3 Å². The fraction of sp³-hybridized carbons (Fsp3) is 0.500. The molecule has 0 amide bonds. The molecule has 0 saturated heterocycles. The van der Waals surface area contributed by atoms with Crippen LogP contribution in [0.5, 0.6) is 0 Å². The molecule has 5 heteroatoms. The molecule has 0 aromatic carbocycles. The first-order valence-electron chi connectivity index (χ1n) is 5.59. The minimum Gasteiger partial charge on any atom is -0.465 e. The van der Waals surface area contributed by atoms with Gasteiger partial charge in [0.15, 0.2) is 0 Å². The topological polar surface area (TPSA) is 68.4 Å². The summed E-state index contributed by atoms with van der Waals surface area (Å²) in [5, 5.41) is 0. The number of aromatic nitrogens is 1. The molecule has 0 unspecified atom stereocenters. The van der Waals surface area contributed by atoms with E-state index >= 15 is 0 Å². The third-order valence-electron chi connectivity index (χ3n) is 3.07. The lowest BCUT2D eigenvalue weighted by atomic mass is 9.94. The summed E-state index contributed by atoms with van der Waals surface area (Å²) in [7, 11) is 2.61. The number of ether oxygens (including phenoxy) is 2. The largest absolute Gasteiger partial charge is 0.465 e. The number of hydrogen-bond donors (Lipinski definition) is 1. The molecule has 92 valence electrons. The predicted octanol–water partition coefficient (Wildman–Crippen LogP) is 1.47. The van der Waals surface area contributed by atoms with Crippen molar-refractivity contribution in [3.8, 4) is 0 Å². The van der Waals surface area contributed by atoms with E-state index in [0.717, 1.165) is 36.9 Å². The van der Waals surface area contributed by atoms with Crippen LogP contribution in [0.15, 0.2) is 0 Å². The summed E-state index contributed by atoms with van der Waals surface area (Å²) in [5.74, 6) is -1.01. The van der Waals surface area contributed by atoms with E-state index in [1.54, 1.807) is 0 Å². The first kappa shape index (κ1) is 11.7. The highest BCUT2D eigenvalue weighted by molar-refractivity contribution is 6.03. The Hall–Kier alpha value is -1.78. The van der Waals surface area contributed by atoms with Crippen LogP contribution >= 0.6 is 0 Å². The molecule has 1 aromatic heterocycles. The normalized spacial score (nSPS) is 14.0. The van der Waals surface area contributed by atoms with Gasteiger partial charge in [0.25, 0.3) is 0 Å². The second-order valence-electron chi connectivity index (χ2n) is 4.02. The van der Waals surface area contributed by atoms with Crippen LogP contribution in [0.1, 0.15) is 44.9 Å². The van der Waals surface area contributed by atoms with Crippen LogP contribution in [0, 0.1) is 0 Å². The van der Waals surface area contributed by atoms with Crippen LogP contribution in [0.4, 0.5) is 0 Å². The van der Waals surface area contributed by atoms with Crippen molar-refractivity contribution in [2.75, 3.05) is 14.2 Å². The van der Waals surface area contributed by atoms with Crippen molar-refractivity contribution < 1.29 is 19.1 Å². The Balaban J connectivity index is 2.54. The minimum absolute atomic E-state index is 0.214. The number of rotatable bonds is 2. The third kappa shape index (κ3) is 1.92. The van der Waals surface area contributed by atoms with E-state index in [-0.39, 0.29) is 5.69 Å². The van der Waals surface area contributed by atoms with E-state index < -0.39 is 11.9 Å². The zero-order valence-corrected chi connectivity index (χ0v) is 9.96. The molecule has 1 aliphatic carbocycles. The van der Waals surface area contributed by atoms with Crippen molar-refractivity contribution in [3.63, 3.8) is 0 Å². The van der Waals surface area contributed by atoms with Gasteiger partial charge in [-0.05, 0) is 31.2 Å². The molecule has 0 fully saturated rings. The van der Waals surface area contributed by atoms with Crippen LogP contribution in [0.25, 0.3) is 0 Å². The first-order valence-corrected chi connectivity index (χ1v) is 5.59. The SMILES string of the molecule is COC(=O)c1[nH]c2c(c1C(=O)OC)CCCC2. The summed E-state index contributed by atoms with van der Waals surface area (Å²) in [6, 6.07) is 0. The molecule has 0 saturated carbocycles. The molecule has 0 aliphatic heterocycles. The molecule has 2 rings (SSSR count). The number of esters is 2. The zero-order valence-electron chi connectivity index (χ0n) is 9.96. The van der Waals surface area contributed by atoms with E-state index in [1.165, 1.54) is 14.2 Å². The molecule has 1 aliphatic rings. The van der Waals surface area contributed by atoms with Gasteiger partial charge in [-0.25, -0.2) is 9.59 Å². The van der Waals surface area contributed by atoms with Gasteiger partial charge < -0.3 is 14.5 Å². The quantitative estimate of drug-likeness (QED) is 0.791. The van der Waals surface area contributed by atoms with Crippen molar-refractivity contribution in [2.45, 2.75) is 25.7 Å². The summed E-state index contributed by atoms with van der Waals surface area (Å²) < 4.78 is 9.40. The van der Waals surface area contributed by atoms with Gasteiger partial charge in [0, 0.05) is 5.69 Å². The van der Waals surface area contributed by atoms with E-state index in [1.807, 2.05) is 0 Å². The molecule has 0 atom stereocenters. The predicted molar refractivity (Wildman–Crippen MR) is 60.1 cm³/mol. The number of fused-ring (bicyclic) bond motifs is 1. The highest BCUT2D eigenvalue weighted by atomic mass is 16.5. The van der Waals surface area contributed by atoms with Crippen molar-refractivity contribution >= 4 is 11.9 Å². The number of H-pyrrole nitrogens is 1. The molecule has 17 heavy (non-hydrogen) atoms. The second kappa shape index (κ2) is 4.61. The maximum atomic E-state index is 11.7. The van der Waals surface area contributed by atoms with E-state index in [9.17, 15) is 9.59 Å². The van der Waals surface area contributed by atoms with E-state index in [0.29, 0.717) is 5.56 Å². The van der Waals surface area contributed by atoms with Gasteiger partial charge in [-0.3, -0.25) is 0 Å². The summed E-state index contributed by atoms with van der Waals surface area (Å²) in [5.41, 5.74) is 2.42. The lowest BCUT2D eigenvalue weighted by molar-refractivity contribution is 0.0551. The number of aromatic amines is 1. The van der Waals surface area contributed by atoms with E-state index in [2.05, 4.69) is 9.72 Å². The lowest BCUT2D eigenvalue weighted by Gasteiger charge is -2.11. The number of methoxy groups -OCH3 is 2. The van der Waals surface area contributed by atoms with Crippen LogP contribution in [0.3, 0.4) is 0 Å². The Labute approximate surface area is 99.1 Å². The maximum absolute atomic E-state index is 11.7. The maximum Gasteiger partial charge on any atom is 0.355 e. The van der Waals surface area contributed by atoms with Gasteiger partial charge in [-0.15, -0.1) is 0 Å². The third-order valence-corrected chi connectivity index (χ3v) is 3.07. The number of nitrogens with one attached hydrogen (secondary N) is 1.